The summed E-state index contributed by atoms with van der Waals surface area (Å²) in [6.45, 7) is 1.73. The second kappa shape index (κ2) is 9.46. The molecule has 0 bridgehead atoms. The number of halogens is 4. The van der Waals surface area contributed by atoms with Crippen LogP contribution in [-0.2, 0) is 12.7 Å². The third-order valence-corrected chi connectivity index (χ3v) is 5.02. The first-order chi connectivity index (χ1) is 15.8. The van der Waals surface area contributed by atoms with Crippen LogP contribution in [-0.4, -0.2) is 15.0 Å². The van der Waals surface area contributed by atoms with Crippen LogP contribution in [0.4, 0.5) is 19.0 Å². The zero-order valence-corrected chi connectivity index (χ0v) is 18.2. The van der Waals surface area contributed by atoms with Crippen molar-refractivity contribution in [3.8, 4) is 23.0 Å². The number of ether oxygens (including phenoxy) is 1. The Labute approximate surface area is 193 Å². The second-order valence-electron chi connectivity index (χ2n) is 7.14. The lowest BCUT2D eigenvalue weighted by molar-refractivity contribution is -0.138. The van der Waals surface area contributed by atoms with E-state index in [0.717, 1.165) is 11.6 Å². The van der Waals surface area contributed by atoms with Crippen molar-refractivity contribution < 1.29 is 17.9 Å². The largest absolute Gasteiger partial charge is 0.452 e. The van der Waals surface area contributed by atoms with Gasteiger partial charge in [-0.15, -0.1) is 0 Å². The molecule has 0 radical (unpaired) electrons. The third kappa shape index (κ3) is 5.40. The van der Waals surface area contributed by atoms with Crippen LogP contribution in [0.3, 0.4) is 0 Å². The van der Waals surface area contributed by atoms with E-state index >= 15 is 0 Å². The lowest BCUT2D eigenvalue weighted by Crippen LogP contribution is -2.13. The number of benzene rings is 2. The second-order valence-corrected chi connectivity index (χ2v) is 7.58. The highest BCUT2D eigenvalue weighted by molar-refractivity contribution is 6.30. The van der Waals surface area contributed by atoms with Crippen molar-refractivity contribution in [2.45, 2.75) is 19.6 Å². The minimum absolute atomic E-state index is 0.00845. The molecule has 0 aliphatic carbocycles. The van der Waals surface area contributed by atoms with Gasteiger partial charge in [0.2, 0.25) is 0 Å². The first-order valence-electron chi connectivity index (χ1n) is 9.92. The minimum atomic E-state index is -4.55. The monoisotopic (exact) mass is 470 g/mol. The van der Waals surface area contributed by atoms with Crippen molar-refractivity contribution in [1.29, 1.82) is 0 Å². The number of hydrogen-bond donors (Lipinski definition) is 1. The van der Waals surface area contributed by atoms with Crippen molar-refractivity contribution in [3.05, 3.63) is 94.8 Å². The van der Waals surface area contributed by atoms with E-state index in [2.05, 4.69) is 20.3 Å². The fourth-order valence-electron chi connectivity index (χ4n) is 3.13. The summed E-state index contributed by atoms with van der Waals surface area (Å²) in [5, 5.41) is 2.97. The molecule has 0 aliphatic heterocycles. The molecule has 2 heterocycles. The van der Waals surface area contributed by atoms with Crippen LogP contribution in [0.1, 0.15) is 16.7 Å². The zero-order valence-electron chi connectivity index (χ0n) is 17.4. The van der Waals surface area contributed by atoms with Gasteiger partial charge in [-0.25, -0.2) is 9.97 Å². The number of alkyl halides is 3. The first kappa shape index (κ1) is 22.5. The number of rotatable bonds is 6. The number of nitrogens with one attached hydrogen (secondary N) is 1. The molecule has 2 aromatic carbocycles. The molecule has 0 saturated heterocycles. The summed E-state index contributed by atoms with van der Waals surface area (Å²) in [5.41, 5.74) is 0.606. The molecule has 168 valence electrons. The molecule has 0 saturated carbocycles. The summed E-state index contributed by atoms with van der Waals surface area (Å²) in [6.07, 6.45) is -1.47. The van der Waals surface area contributed by atoms with Gasteiger partial charge in [0.1, 0.15) is 11.4 Å². The van der Waals surface area contributed by atoms with Gasteiger partial charge >= 0.3 is 6.18 Å². The number of aromatic nitrogens is 3. The molecule has 4 aromatic rings. The van der Waals surface area contributed by atoms with Gasteiger partial charge in [-0.1, -0.05) is 41.9 Å². The van der Waals surface area contributed by atoms with Gasteiger partial charge < -0.3 is 10.1 Å². The summed E-state index contributed by atoms with van der Waals surface area (Å²) in [4.78, 5) is 13.0. The predicted octanol–water partition coefficient (Wildman–Crippen LogP) is 6.92. The fourth-order valence-corrected chi connectivity index (χ4v) is 3.30. The van der Waals surface area contributed by atoms with E-state index in [1.165, 1.54) is 18.3 Å². The summed E-state index contributed by atoms with van der Waals surface area (Å²) in [6, 6.07) is 16.3. The molecule has 1 N–H and O–H groups in total. The molecule has 0 amide bonds. The highest BCUT2D eigenvalue weighted by Gasteiger charge is 2.33. The lowest BCUT2D eigenvalue weighted by Gasteiger charge is -2.16. The molecule has 0 unspecified atom stereocenters. The Bertz CT molecular complexity index is 1270. The number of para-hydroxylation sites is 1. The van der Waals surface area contributed by atoms with Gasteiger partial charge in [0.25, 0.3) is 0 Å². The molecule has 0 spiro atoms. The van der Waals surface area contributed by atoms with E-state index in [1.54, 1.807) is 30.5 Å². The molecule has 0 aliphatic rings. The summed E-state index contributed by atoms with van der Waals surface area (Å²) >= 11 is 5.79. The normalized spacial score (nSPS) is 11.3. The van der Waals surface area contributed by atoms with E-state index in [1.807, 2.05) is 25.1 Å². The van der Waals surface area contributed by atoms with E-state index in [0.29, 0.717) is 17.3 Å². The molecule has 0 fully saturated rings. The number of nitrogens with zero attached hydrogens (tertiary/aromatic N) is 3. The first-order valence-corrected chi connectivity index (χ1v) is 10.3. The van der Waals surface area contributed by atoms with Crippen LogP contribution >= 0.6 is 11.6 Å². The molecule has 33 heavy (non-hydrogen) atoms. The van der Waals surface area contributed by atoms with Crippen LogP contribution in [0.5, 0.6) is 11.5 Å². The summed E-state index contributed by atoms with van der Waals surface area (Å²) in [5.74, 6) is 1.39. The average molecular weight is 471 g/mol. The Morgan fingerprint density at radius 2 is 1.76 bits per heavy atom. The van der Waals surface area contributed by atoms with Gasteiger partial charge in [0, 0.05) is 17.8 Å². The van der Waals surface area contributed by atoms with Crippen molar-refractivity contribution in [3.63, 3.8) is 0 Å². The summed E-state index contributed by atoms with van der Waals surface area (Å²) < 4.78 is 46.5. The molecule has 4 rings (SSSR count). The van der Waals surface area contributed by atoms with Gasteiger partial charge in [0.05, 0.1) is 11.8 Å². The van der Waals surface area contributed by atoms with Crippen LogP contribution in [0.25, 0.3) is 11.5 Å². The van der Waals surface area contributed by atoms with Crippen LogP contribution in [0, 0.1) is 6.92 Å². The molecule has 9 heteroatoms. The number of aryl methyl sites for hydroxylation is 1. The Morgan fingerprint density at radius 3 is 2.48 bits per heavy atom. The molecular formula is C24H18ClF3N4O. The Kier molecular flexibility index (Phi) is 6.46. The van der Waals surface area contributed by atoms with Gasteiger partial charge in [0.15, 0.2) is 17.4 Å². The van der Waals surface area contributed by atoms with Gasteiger partial charge in [-0.2, -0.15) is 13.2 Å². The Hall–Kier alpha value is -3.65. The Balaban J connectivity index is 1.70. The molecule has 2 aromatic heterocycles. The number of anilines is 1. The smallest absolute Gasteiger partial charge is 0.416 e. The molecular weight excluding hydrogens is 453 g/mol. The maximum atomic E-state index is 13.5. The molecule has 5 nitrogen and oxygen atoms in total. The highest BCUT2D eigenvalue weighted by Crippen LogP contribution is 2.35. The predicted molar refractivity (Wildman–Crippen MR) is 120 cm³/mol. The maximum absolute atomic E-state index is 13.5. The SMILES string of the molecule is Cc1ccccc1Oc1cnc(-c2ccccn2)nc1NCc1ccc(Cl)cc1C(F)(F)F. The topological polar surface area (TPSA) is 59.9 Å². The number of pyridine rings is 1. The van der Waals surface area contributed by atoms with E-state index in [9.17, 15) is 13.2 Å². The van der Waals surface area contributed by atoms with Gasteiger partial charge in [-0.3, -0.25) is 4.98 Å². The van der Waals surface area contributed by atoms with Gasteiger partial charge in [-0.05, 0) is 48.4 Å². The lowest BCUT2D eigenvalue weighted by atomic mass is 10.1. The highest BCUT2D eigenvalue weighted by atomic mass is 35.5. The Morgan fingerprint density at radius 1 is 0.970 bits per heavy atom. The standard InChI is InChI=1S/C24H18ClF3N4O/c1-15-6-2-3-8-20(15)33-21-14-31-22(19-7-4-5-11-29-19)32-23(21)30-13-16-9-10-17(25)12-18(16)24(26,27)28/h2-12,14H,13H2,1H3,(H,30,31,32). The zero-order chi connectivity index (χ0) is 23.4. The quantitative estimate of drug-likeness (QED) is 0.331. The van der Waals surface area contributed by atoms with Crippen LogP contribution in [0.15, 0.2) is 73.1 Å². The van der Waals surface area contributed by atoms with E-state index in [4.69, 9.17) is 16.3 Å². The van der Waals surface area contributed by atoms with Crippen molar-refractivity contribution in [2.75, 3.05) is 5.32 Å². The maximum Gasteiger partial charge on any atom is 0.416 e. The third-order valence-electron chi connectivity index (χ3n) is 4.79. The average Bonchev–Trinajstić information content (AvgIpc) is 2.80. The van der Waals surface area contributed by atoms with Crippen LogP contribution in [0.2, 0.25) is 5.02 Å². The fraction of sp³-hybridized carbons (Fsp3) is 0.125. The van der Waals surface area contributed by atoms with Crippen molar-refractivity contribution in [2.24, 2.45) is 0 Å². The van der Waals surface area contributed by atoms with Crippen molar-refractivity contribution >= 4 is 17.4 Å². The van der Waals surface area contributed by atoms with Crippen molar-refractivity contribution in [1.82, 2.24) is 15.0 Å². The van der Waals surface area contributed by atoms with E-state index in [-0.39, 0.29) is 28.7 Å². The summed E-state index contributed by atoms with van der Waals surface area (Å²) in [7, 11) is 0. The minimum Gasteiger partial charge on any atom is -0.452 e. The van der Waals surface area contributed by atoms with E-state index < -0.39 is 11.7 Å². The molecule has 0 atom stereocenters. The van der Waals surface area contributed by atoms with Crippen LogP contribution < -0.4 is 10.1 Å². The number of hydrogen-bond acceptors (Lipinski definition) is 5.